The molecule has 1 aromatic carbocycles. The Kier molecular flexibility index (Phi) is 6.12. The molecular formula is C19H20ClNO5S2. The van der Waals surface area contributed by atoms with Crippen LogP contribution in [0.5, 0.6) is 0 Å². The summed E-state index contributed by atoms with van der Waals surface area (Å²) in [6.07, 6.45) is 2.51. The largest absolute Gasteiger partial charge is 0.465 e. The molecule has 0 fully saturated rings. The van der Waals surface area contributed by atoms with Gasteiger partial charge in [0.05, 0.1) is 17.6 Å². The number of esters is 1. The van der Waals surface area contributed by atoms with Crippen LogP contribution in [0.15, 0.2) is 29.2 Å². The summed E-state index contributed by atoms with van der Waals surface area (Å²) < 4.78 is 29.8. The molecule has 0 aliphatic heterocycles. The quantitative estimate of drug-likeness (QED) is 0.714. The summed E-state index contributed by atoms with van der Waals surface area (Å²) in [6, 6.07) is 5.62. The molecule has 1 aromatic heterocycles. The molecule has 1 aliphatic carbocycles. The lowest BCUT2D eigenvalue weighted by atomic mass is 9.88. The Morgan fingerprint density at radius 2 is 1.96 bits per heavy atom. The zero-order valence-corrected chi connectivity index (χ0v) is 17.8. The van der Waals surface area contributed by atoms with Crippen LogP contribution in [0, 0.1) is 5.92 Å². The molecule has 1 N–H and O–H groups in total. The maximum atomic E-state index is 12.5. The SMILES string of the molecule is COC(=O)c1c(NC(=O)CS(=O)(=O)c2ccc(Cl)cc2)sc2c1CCC(C)C2. The van der Waals surface area contributed by atoms with Crippen LogP contribution in [0.4, 0.5) is 5.00 Å². The summed E-state index contributed by atoms with van der Waals surface area (Å²) in [5.74, 6) is -1.46. The van der Waals surface area contributed by atoms with E-state index >= 15 is 0 Å². The van der Waals surface area contributed by atoms with E-state index in [4.69, 9.17) is 16.3 Å². The number of thiophene rings is 1. The average Bonchev–Trinajstić information content (AvgIpc) is 2.97. The van der Waals surface area contributed by atoms with Gasteiger partial charge < -0.3 is 10.1 Å². The highest BCUT2D eigenvalue weighted by Crippen LogP contribution is 2.40. The first-order valence-electron chi connectivity index (χ1n) is 8.72. The molecule has 150 valence electrons. The molecule has 1 aliphatic rings. The lowest BCUT2D eigenvalue weighted by molar-refractivity contribution is -0.113. The number of anilines is 1. The predicted octanol–water partition coefficient (Wildman–Crippen LogP) is 3.73. The molecule has 2 aromatic rings. The minimum Gasteiger partial charge on any atom is -0.465 e. The first-order chi connectivity index (χ1) is 13.2. The smallest absolute Gasteiger partial charge is 0.341 e. The third kappa shape index (κ3) is 4.39. The number of hydrogen-bond donors (Lipinski definition) is 1. The van der Waals surface area contributed by atoms with Gasteiger partial charge in [-0.15, -0.1) is 11.3 Å². The van der Waals surface area contributed by atoms with E-state index in [-0.39, 0.29) is 4.90 Å². The van der Waals surface area contributed by atoms with Crippen LogP contribution in [0.2, 0.25) is 5.02 Å². The van der Waals surface area contributed by atoms with Gasteiger partial charge >= 0.3 is 5.97 Å². The Bertz CT molecular complexity index is 1010. The van der Waals surface area contributed by atoms with Crippen molar-refractivity contribution >= 4 is 49.7 Å². The number of methoxy groups -OCH3 is 1. The monoisotopic (exact) mass is 441 g/mol. The molecule has 1 unspecified atom stereocenters. The lowest BCUT2D eigenvalue weighted by Gasteiger charge is -2.18. The normalized spacial score (nSPS) is 16.3. The van der Waals surface area contributed by atoms with Gasteiger partial charge in [0, 0.05) is 9.90 Å². The van der Waals surface area contributed by atoms with Crippen molar-refractivity contribution in [1.82, 2.24) is 0 Å². The van der Waals surface area contributed by atoms with E-state index in [1.54, 1.807) is 0 Å². The van der Waals surface area contributed by atoms with Gasteiger partial charge in [0.2, 0.25) is 5.91 Å². The van der Waals surface area contributed by atoms with Crippen LogP contribution >= 0.6 is 22.9 Å². The Balaban J connectivity index is 1.84. The van der Waals surface area contributed by atoms with Crippen molar-refractivity contribution in [2.75, 3.05) is 18.2 Å². The van der Waals surface area contributed by atoms with E-state index in [1.165, 1.54) is 42.7 Å². The number of carbonyl (C=O) groups is 2. The molecule has 1 amide bonds. The van der Waals surface area contributed by atoms with Gasteiger partial charge in [-0.05, 0) is 55.0 Å². The fourth-order valence-corrected chi connectivity index (χ4v) is 5.89. The zero-order chi connectivity index (χ0) is 20.5. The number of ether oxygens (including phenoxy) is 1. The second kappa shape index (κ2) is 8.23. The molecule has 1 atom stereocenters. The molecule has 0 spiro atoms. The van der Waals surface area contributed by atoms with Gasteiger partial charge in [-0.2, -0.15) is 0 Å². The maximum Gasteiger partial charge on any atom is 0.341 e. The zero-order valence-electron chi connectivity index (χ0n) is 15.5. The van der Waals surface area contributed by atoms with E-state index < -0.39 is 27.5 Å². The number of halogens is 1. The minimum absolute atomic E-state index is 0.0135. The molecule has 1 heterocycles. The van der Waals surface area contributed by atoms with Crippen molar-refractivity contribution in [2.24, 2.45) is 5.92 Å². The number of carbonyl (C=O) groups excluding carboxylic acids is 2. The van der Waals surface area contributed by atoms with Gasteiger partial charge in [0.1, 0.15) is 10.8 Å². The summed E-state index contributed by atoms with van der Waals surface area (Å²) in [5, 5.41) is 3.36. The molecule has 0 saturated heterocycles. The number of hydrogen-bond acceptors (Lipinski definition) is 6. The fraction of sp³-hybridized carbons (Fsp3) is 0.368. The molecule has 0 radical (unpaired) electrons. The Morgan fingerprint density at radius 3 is 2.61 bits per heavy atom. The number of rotatable bonds is 5. The van der Waals surface area contributed by atoms with Crippen molar-refractivity contribution in [3.8, 4) is 0 Å². The Morgan fingerprint density at radius 1 is 1.29 bits per heavy atom. The standard InChI is InChI=1S/C19H20ClNO5S2/c1-11-3-8-14-15(9-11)27-18(17(14)19(23)26-2)21-16(22)10-28(24,25)13-6-4-12(20)5-7-13/h4-7,11H,3,8-10H2,1-2H3,(H,21,22). The molecule has 0 saturated carbocycles. The van der Waals surface area contributed by atoms with Crippen LogP contribution in [-0.2, 0) is 32.2 Å². The summed E-state index contributed by atoms with van der Waals surface area (Å²) >= 11 is 7.10. The summed E-state index contributed by atoms with van der Waals surface area (Å²) in [6.45, 7) is 2.14. The minimum atomic E-state index is -3.83. The van der Waals surface area contributed by atoms with Crippen LogP contribution in [0.25, 0.3) is 0 Å². The third-order valence-electron chi connectivity index (χ3n) is 4.65. The Hall–Kier alpha value is -1.90. The highest BCUT2D eigenvalue weighted by molar-refractivity contribution is 7.92. The molecule has 3 rings (SSSR count). The molecular weight excluding hydrogens is 422 g/mol. The summed E-state index contributed by atoms with van der Waals surface area (Å²) in [4.78, 5) is 25.8. The van der Waals surface area contributed by atoms with E-state index in [2.05, 4.69) is 12.2 Å². The number of sulfone groups is 1. The van der Waals surface area contributed by atoms with Gasteiger partial charge in [-0.1, -0.05) is 18.5 Å². The second-order valence-electron chi connectivity index (χ2n) is 6.81. The van der Waals surface area contributed by atoms with Crippen LogP contribution < -0.4 is 5.32 Å². The number of benzene rings is 1. The number of nitrogens with one attached hydrogen (secondary N) is 1. The van der Waals surface area contributed by atoms with E-state index in [9.17, 15) is 18.0 Å². The van der Waals surface area contributed by atoms with Gasteiger partial charge in [-0.25, -0.2) is 13.2 Å². The van der Waals surface area contributed by atoms with E-state index in [1.807, 2.05) is 0 Å². The molecule has 9 heteroatoms. The maximum absolute atomic E-state index is 12.5. The topological polar surface area (TPSA) is 89.5 Å². The summed E-state index contributed by atoms with van der Waals surface area (Å²) in [5.41, 5.74) is 1.23. The highest BCUT2D eigenvalue weighted by atomic mass is 35.5. The van der Waals surface area contributed by atoms with Crippen molar-refractivity contribution in [1.29, 1.82) is 0 Å². The number of amides is 1. The first-order valence-corrected chi connectivity index (χ1v) is 11.6. The van der Waals surface area contributed by atoms with Crippen LogP contribution in [0.1, 0.15) is 34.1 Å². The van der Waals surface area contributed by atoms with Crippen molar-refractivity contribution in [3.63, 3.8) is 0 Å². The second-order valence-corrected chi connectivity index (χ2v) is 10.3. The molecule has 0 bridgehead atoms. The van der Waals surface area contributed by atoms with Crippen molar-refractivity contribution < 1.29 is 22.7 Å². The summed E-state index contributed by atoms with van der Waals surface area (Å²) in [7, 11) is -2.54. The highest BCUT2D eigenvalue weighted by Gasteiger charge is 2.29. The van der Waals surface area contributed by atoms with E-state index in [0.29, 0.717) is 21.5 Å². The van der Waals surface area contributed by atoms with Gasteiger partial charge in [0.15, 0.2) is 9.84 Å². The molecule has 6 nitrogen and oxygen atoms in total. The molecule has 28 heavy (non-hydrogen) atoms. The van der Waals surface area contributed by atoms with Crippen LogP contribution in [0.3, 0.4) is 0 Å². The lowest BCUT2D eigenvalue weighted by Crippen LogP contribution is -2.23. The average molecular weight is 442 g/mol. The van der Waals surface area contributed by atoms with Gasteiger partial charge in [0.25, 0.3) is 0 Å². The van der Waals surface area contributed by atoms with Crippen molar-refractivity contribution in [3.05, 3.63) is 45.3 Å². The van der Waals surface area contributed by atoms with Gasteiger partial charge in [-0.3, -0.25) is 4.79 Å². The predicted molar refractivity (Wildman–Crippen MR) is 109 cm³/mol. The van der Waals surface area contributed by atoms with Crippen molar-refractivity contribution in [2.45, 2.75) is 31.1 Å². The number of fused-ring (bicyclic) bond motifs is 1. The fourth-order valence-electron chi connectivity index (χ4n) is 3.22. The Labute approximate surface area is 172 Å². The first kappa shape index (κ1) is 20.8. The van der Waals surface area contributed by atoms with E-state index in [0.717, 1.165) is 29.7 Å². The third-order valence-corrected chi connectivity index (χ3v) is 7.70. The van der Waals surface area contributed by atoms with Crippen LogP contribution in [-0.4, -0.2) is 33.2 Å².